The largest absolute Gasteiger partial charge is 0.496 e. The molecule has 0 spiro atoms. The average molecular weight is 343 g/mol. The third-order valence-electron chi connectivity index (χ3n) is 3.60. The molecule has 0 bridgehead atoms. The van der Waals surface area contributed by atoms with Crippen LogP contribution in [0.25, 0.3) is 0 Å². The SMILES string of the molecule is CCCOc1ccc(C(=O)NCc2ccccc2OC)cc1OCC. The van der Waals surface area contributed by atoms with Gasteiger partial charge in [0.15, 0.2) is 11.5 Å². The third-order valence-corrected chi connectivity index (χ3v) is 3.60. The van der Waals surface area contributed by atoms with Crippen LogP contribution in [0.2, 0.25) is 0 Å². The summed E-state index contributed by atoms with van der Waals surface area (Å²) in [7, 11) is 1.62. The van der Waals surface area contributed by atoms with E-state index in [9.17, 15) is 4.79 Å². The Hall–Kier alpha value is -2.69. The van der Waals surface area contributed by atoms with Crippen LogP contribution in [0, 0.1) is 0 Å². The molecule has 0 aliphatic rings. The monoisotopic (exact) mass is 343 g/mol. The van der Waals surface area contributed by atoms with E-state index in [1.807, 2.05) is 38.1 Å². The van der Waals surface area contributed by atoms with Crippen LogP contribution in [0.1, 0.15) is 36.2 Å². The second-order valence-electron chi connectivity index (χ2n) is 5.44. The van der Waals surface area contributed by atoms with Gasteiger partial charge < -0.3 is 19.5 Å². The summed E-state index contributed by atoms with van der Waals surface area (Å²) in [5.74, 6) is 1.82. The Morgan fingerprint density at radius 2 is 1.80 bits per heavy atom. The maximum atomic E-state index is 12.5. The third kappa shape index (κ3) is 5.14. The number of carbonyl (C=O) groups is 1. The van der Waals surface area contributed by atoms with Gasteiger partial charge in [-0.2, -0.15) is 0 Å². The summed E-state index contributed by atoms with van der Waals surface area (Å²) in [4.78, 5) is 12.5. The summed E-state index contributed by atoms with van der Waals surface area (Å²) in [6.45, 7) is 5.45. The highest BCUT2D eigenvalue weighted by Gasteiger charge is 2.12. The summed E-state index contributed by atoms with van der Waals surface area (Å²) in [5, 5.41) is 2.91. The van der Waals surface area contributed by atoms with E-state index in [4.69, 9.17) is 14.2 Å². The fourth-order valence-electron chi connectivity index (χ4n) is 2.38. The lowest BCUT2D eigenvalue weighted by atomic mass is 10.1. The Balaban J connectivity index is 2.09. The van der Waals surface area contributed by atoms with E-state index in [1.54, 1.807) is 25.3 Å². The predicted octanol–water partition coefficient (Wildman–Crippen LogP) is 3.81. The van der Waals surface area contributed by atoms with Crippen molar-refractivity contribution in [2.24, 2.45) is 0 Å². The van der Waals surface area contributed by atoms with Crippen LogP contribution in [-0.2, 0) is 6.54 Å². The Labute approximate surface area is 148 Å². The molecule has 0 saturated carbocycles. The fraction of sp³-hybridized carbons (Fsp3) is 0.350. The molecule has 0 aliphatic carbocycles. The molecule has 25 heavy (non-hydrogen) atoms. The van der Waals surface area contributed by atoms with E-state index >= 15 is 0 Å². The maximum absolute atomic E-state index is 12.5. The first-order valence-electron chi connectivity index (χ1n) is 8.49. The summed E-state index contributed by atoms with van der Waals surface area (Å²) in [6, 6.07) is 12.8. The van der Waals surface area contributed by atoms with Crippen LogP contribution in [0.3, 0.4) is 0 Å². The van der Waals surface area contributed by atoms with Crippen molar-refractivity contribution in [3.63, 3.8) is 0 Å². The van der Waals surface area contributed by atoms with Crippen molar-refractivity contribution in [1.82, 2.24) is 5.32 Å². The summed E-state index contributed by atoms with van der Waals surface area (Å²) < 4.78 is 16.6. The smallest absolute Gasteiger partial charge is 0.251 e. The van der Waals surface area contributed by atoms with E-state index in [-0.39, 0.29) is 5.91 Å². The Morgan fingerprint density at radius 3 is 2.52 bits per heavy atom. The van der Waals surface area contributed by atoms with Gasteiger partial charge in [0.25, 0.3) is 5.91 Å². The van der Waals surface area contributed by atoms with Gasteiger partial charge in [-0.3, -0.25) is 4.79 Å². The molecule has 0 unspecified atom stereocenters. The number of methoxy groups -OCH3 is 1. The van der Waals surface area contributed by atoms with E-state index in [0.29, 0.717) is 36.8 Å². The molecule has 0 heterocycles. The molecule has 0 aromatic heterocycles. The highest BCUT2D eigenvalue weighted by molar-refractivity contribution is 5.94. The van der Waals surface area contributed by atoms with Gasteiger partial charge in [-0.25, -0.2) is 0 Å². The molecule has 1 amide bonds. The van der Waals surface area contributed by atoms with Crippen molar-refractivity contribution >= 4 is 5.91 Å². The van der Waals surface area contributed by atoms with Crippen molar-refractivity contribution in [3.8, 4) is 17.2 Å². The molecule has 0 radical (unpaired) electrons. The summed E-state index contributed by atoms with van der Waals surface area (Å²) in [5.41, 5.74) is 1.45. The molecular weight excluding hydrogens is 318 g/mol. The molecule has 0 atom stereocenters. The second kappa shape index (κ2) is 9.57. The van der Waals surface area contributed by atoms with Gasteiger partial charge in [0.05, 0.1) is 20.3 Å². The molecule has 0 saturated heterocycles. The minimum absolute atomic E-state index is 0.172. The topological polar surface area (TPSA) is 56.8 Å². The molecule has 134 valence electrons. The number of benzene rings is 2. The second-order valence-corrected chi connectivity index (χ2v) is 5.44. The quantitative estimate of drug-likeness (QED) is 0.752. The van der Waals surface area contributed by atoms with Crippen molar-refractivity contribution < 1.29 is 19.0 Å². The normalized spacial score (nSPS) is 10.2. The summed E-state index contributed by atoms with van der Waals surface area (Å²) in [6.07, 6.45) is 0.909. The van der Waals surface area contributed by atoms with Gasteiger partial charge in [0, 0.05) is 17.7 Å². The number of ether oxygens (including phenoxy) is 3. The first-order chi connectivity index (χ1) is 12.2. The Kier molecular flexibility index (Phi) is 7.14. The van der Waals surface area contributed by atoms with Gasteiger partial charge in [0.2, 0.25) is 0 Å². The van der Waals surface area contributed by atoms with Crippen LogP contribution >= 0.6 is 0 Å². The van der Waals surface area contributed by atoms with Crippen LogP contribution in [0.4, 0.5) is 0 Å². The molecule has 0 fully saturated rings. The number of amides is 1. The van der Waals surface area contributed by atoms with E-state index < -0.39 is 0 Å². The lowest BCUT2D eigenvalue weighted by Gasteiger charge is -2.13. The number of hydrogen-bond donors (Lipinski definition) is 1. The van der Waals surface area contributed by atoms with Gasteiger partial charge in [0.1, 0.15) is 5.75 Å². The van der Waals surface area contributed by atoms with Gasteiger partial charge in [-0.15, -0.1) is 0 Å². The molecule has 5 nitrogen and oxygen atoms in total. The number of hydrogen-bond acceptors (Lipinski definition) is 4. The lowest BCUT2D eigenvalue weighted by Crippen LogP contribution is -2.23. The first-order valence-corrected chi connectivity index (χ1v) is 8.49. The predicted molar refractivity (Wildman–Crippen MR) is 97.6 cm³/mol. The van der Waals surface area contributed by atoms with Crippen LogP contribution in [0.15, 0.2) is 42.5 Å². The molecule has 2 aromatic carbocycles. The van der Waals surface area contributed by atoms with E-state index in [0.717, 1.165) is 17.7 Å². The van der Waals surface area contributed by atoms with Crippen LogP contribution in [-0.4, -0.2) is 26.2 Å². The van der Waals surface area contributed by atoms with Crippen LogP contribution in [0.5, 0.6) is 17.2 Å². The van der Waals surface area contributed by atoms with Gasteiger partial charge in [-0.05, 0) is 37.6 Å². The molecule has 1 N–H and O–H groups in total. The number of para-hydroxylation sites is 1. The lowest BCUT2D eigenvalue weighted by molar-refractivity contribution is 0.0950. The van der Waals surface area contributed by atoms with Crippen LogP contribution < -0.4 is 19.5 Å². The number of nitrogens with one attached hydrogen (secondary N) is 1. The number of carbonyl (C=O) groups excluding carboxylic acids is 1. The van der Waals surface area contributed by atoms with Gasteiger partial charge in [-0.1, -0.05) is 25.1 Å². The van der Waals surface area contributed by atoms with Crippen molar-refractivity contribution in [2.75, 3.05) is 20.3 Å². The summed E-state index contributed by atoms with van der Waals surface area (Å²) >= 11 is 0. The Bertz CT molecular complexity index is 700. The first kappa shape index (κ1) is 18.6. The number of rotatable bonds is 9. The zero-order valence-corrected chi connectivity index (χ0v) is 15.0. The van der Waals surface area contributed by atoms with E-state index in [1.165, 1.54) is 0 Å². The minimum atomic E-state index is -0.172. The fourth-order valence-corrected chi connectivity index (χ4v) is 2.38. The van der Waals surface area contributed by atoms with E-state index in [2.05, 4.69) is 5.32 Å². The zero-order valence-electron chi connectivity index (χ0n) is 15.0. The molecular formula is C20H25NO4. The zero-order chi connectivity index (χ0) is 18.1. The molecule has 2 aromatic rings. The maximum Gasteiger partial charge on any atom is 0.251 e. The average Bonchev–Trinajstić information content (AvgIpc) is 2.65. The van der Waals surface area contributed by atoms with Crippen molar-refractivity contribution in [1.29, 1.82) is 0 Å². The standard InChI is InChI=1S/C20H25NO4/c1-4-12-25-18-11-10-15(13-19(18)24-5-2)20(22)21-14-16-8-6-7-9-17(16)23-3/h6-11,13H,4-5,12,14H2,1-3H3,(H,21,22). The molecule has 2 rings (SSSR count). The van der Waals surface area contributed by atoms with Gasteiger partial charge >= 0.3 is 0 Å². The van der Waals surface area contributed by atoms with Crippen molar-refractivity contribution in [3.05, 3.63) is 53.6 Å². The highest BCUT2D eigenvalue weighted by Crippen LogP contribution is 2.28. The molecule has 0 aliphatic heterocycles. The highest BCUT2D eigenvalue weighted by atomic mass is 16.5. The Morgan fingerprint density at radius 1 is 1.00 bits per heavy atom. The minimum Gasteiger partial charge on any atom is -0.496 e. The van der Waals surface area contributed by atoms with Crippen molar-refractivity contribution in [2.45, 2.75) is 26.8 Å². The molecule has 5 heteroatoms.